The third-order valence-electron chi connectivity index (χ3n) is 1.50. The van der Waals surface area contributed by atoms with Gasteiger partial charge < -0.3 is 34.2 Å². The summed E-state index contributed by atoms with van der Waals surface area (Å²) in [7, 11) is -4.45. The Morgan fingerprint density at radius 1 is 1.25 bits per heavy atom. The zero-order valence-corrected chi connectivity index (χ0v) is 14.2. The maximum atomic E-state index is 10.6. The van der Waals surface area contributed by atoms with E-state index in [2.05, 4.69) is 0 Å². The summed E-state index contributed by atoms with van der Waals surface area (Å²) < 4.78 is 29.8. The van der Waals surface area contributed by atoms with Gasteiger partial charge in [-0.05, 0) is 18.2 Å². The molecule has 0 amide bonds. The predicted molar refractivity (Wildman–Crippen MR) is 44.9 cm³/mol. The molecule has 0 radical (unpaired) electrons. The summed E-state index contributed by atoms with van der Waals surface area (Å²) in [5.41, 5.74) is -0.583. The smallest absolute Gasteiger partial charge is 1.00 e. The molecule has 3 N–H and O–H groups in total. The number of phenols is 1. The van der Waals surface area contributed by atoms with Crippen molar-refractivity contribution in [3.05, 3.63) is 23.8 Å². The molecule has 9 heteroatoms. The third kappa shape index (κ3) is 4.95. The Morgan fingerprint density at radius 3 is 2.12 bits per heavy atom. The van der Waals surface area contributed by atoms with Crippen LogP contribution in [0.3, 0.4) is 0 Å². The van der Waals surface area contributed by atoms with Crippen LogP contribution in [-0.2, 0) is 10.1 Å². The first-order valence-corrected chi connectivity index (χ1v) is 4.80. The molecule has 0 aromatic heterocycles. The van der Waals surface area contributed by atoms with Crippen molar-refractivity contribution in [2.75, 3.05) is 0 Å². The number of rotatable bonds is 2. The van der Waals surface area contributed by atoms with Gasteiger partial charge in [-0.1, -0.05) is 0 Å². The van der Waals surface area contributed by atoms with Gasteiger partial charge in [0.15, 0.2) is 0 Å². The van der Waals surface area contributed by atoms with E-state index >= 15 is 0 Å². The fourth-order valence-electron chi connectivity index (χ4n) is 0.847. The van der Waals surface area contributed by atoms with E-state index in [0.717, 1.165) is 12.1 Å². The first-order valence-electron chi connectivity index (χ1n) is 3.36. The van der Waals surface area contributed by atoms with Gasteiger partial charge in [0.05, 0.1) is 4.90 Å². The summed E-state index contributed by atoms with van der Waals surface area (Å²) in [6.07, 6.45) is 0. The van der Waals surface area contributed by atoms with Crippen molar-refractivity contribution < 1.29 is 103 Å². The number of benzene rings is 1. The number of aromatic hydroxyl groups is 1. The van der Waals surface area contributed by atoms with Crippen molar-refractivity contribution in [2.45, 2.75) is 4.90 Å². The molecule has 6 nitrogen and oxygen atoms in total. The second-order valence-corrected chi connectivity index (χ2v) is 3.88. The first-order chi connectivity index (χ1) is 6.32. The molecule has 84 valence electrons. The Hall–Kier alpha value is 0.766. The maximum Gasteiger partial charge on any atom is 1.00 e. The average Bonchev–Trinajstić information content (AvgIpc) is 2.02. The van der Waals surface area contributed by atoms with Crippen molar-refractivity contribution in [1.82, 2.24) is 0 Å². The molecule has 0 aliphatic carbocycles. The second-order valence-electron chi connectivity index (χ2n) is 2.46. The minimum absolute atomic E-state index is 0. The fraction of sp³-hybridized carbons (Fsp3) is 0. The standard InChI is InChI=1S/C7H6O6S.HI.K/c8-6-2-1-4(14(11,12)13)3-5(6)7(9)10;;/h1-3,8H,(H,9,10)(H,11,12,13);1H;/q;;+1/p-1. The van der Waals surface area contributed by atoms with Crippen molar-refractivity contribution in [3.8, 4) is 5.75 Å². The minimum Gasteiger partial charge on any atom is -1.00 e. The van der Waals surface area contributed by atoms with E-state index in [-0.39, 0.29) is 75.4 Å². The van der Waals surface area contributed by atoms with E-state index < -0.39 is 32.3 Å². The molecule has 0 heterocycles. The number of carbonyl (C=O) groups is 1. The van der Waals surface area contributed by atoms with Gasteiger partial charge in [-0.15, -0.1) is 0 Å². The molecule has 0 saturated heterocycles. The Kier molecular flexibility index (Phi) is 8.67. The van der Waals surface area contributed by atoms with Gasteiger partial charge in [-0.2, -0.15) is 8.42 Å². The van der Waals surface area contributed by atoms with Crippen LogP contribution in [0.4, 0.5) is 0 Å². The molecule has 0 spiro atoms. The first kappa shape index (κ1) is 19.1. The summed E-state index contributed by atoms with van der Waals surface area (Å²) in [5, 5.41) is 17.5. The van der Waals surface area contributed by atoms with E-state index in [9.17, 15) is 13.2 Å². The van der Waals surface area contributed by atoms with Crippen LogP contribution in [-0.4, -0.2) is 29.2 Å². The number of hydrogen-bond acceptors (Lipinski definition) is 4. The quantitative estimate of drug-likeness (QED) is 0.266. The van der Waals surface area contributed by atoms with E-state index in [4.69, 9.17) is 14.8 Å². The van der Waals surface area contributed by atoms with Gasteiger partial charge in [-0.3, -0.25) is 4.55 Å². The van der Waals surface area contributed by atoms with Crippen LogP contribution in [0.25, 0.3) is 0 Å². The van der Waals surface area contributed by atoms with Crippen LogP contribution in [0.5, 0.6) is 5.75 Å². The zero-order chi connectivity index (χ0) is 10.9. The average molecular weight is 384 g/mol. The van der Waals surface area contributed by atoms with E-state index in [1.807, 2.05) is 0 Å². The van der Waals surface area contributed by atoms with E-state index in [1.54, 1.807) is 0 Å². The predicted octanol–water partition coefficient (Wildman–Crippen LogP) is -5.65. The third-order valence-corrected chi connectivity index (χ3v) is 2.35. The Labute approximate surface area is 151 Å². The van der Waals surface area contributed by atoms with Crippen LogP contribution in [0.15, 0.2) is 23.1 Å². The Morgan fingerprint density at radius 2 is 1.75 bits per heavy atom. The van der Waals surface area contributed by atoms with Crippen LogP contribution in [0, 0.1) is 0 Å². The van der Waals surface area contributed by atoms with Crippen LogP contribution < -0.4 is 75.4 Å². The molecule has 1 aromatic carbocycles. The van der Waals surface area contributed by atoms with Gasteiger partial charge in [0.1, 0.15) is 11.3 Å². The molecule has 0 aliphatic rings. The second kappa shape index (κ2) is 7.26. The number of carboxylic acid groups (broad SMARTS) is 1. The number of aromatic carboxylic acids is 1. The molecule has 0 saturated carbocycles. The van der Waals surface area contributed by atoms with Crippen LogP contribution in [0.1, 0.15) is 10.4 Å². The van der Waals surface area contributed by atoms with Gasteiger partial charge in [0, 0.05) is 0 Å². The monoisotopic (exact) mass is 384 g/mol. The molecule has 0 bridgehead atoms. The topological polar surface area (TPSA) is 112 Å². The van der Waals surface area contributed by atoms with Crippen molar-refractivity contribution in [3.63, 3.8) is 0 Å². The molecule has 0 aliphatic heterocycles. The zero-order valence-electron chi connectivity index (χ0n) is 8.08. The van der Waals surface area contributed by atoms with Crippen LogP contribution >= 0.6 is 0 Å². The van der Waals surface area contributed by atoms with Gasteiger partial charge in [0.2, 0.25) is 0 Å². The minimum atomic E-state index is -4.45. The molecular formula is C7H6IKO6S. The summed E-state index contributed by atoms with van der Waals surface area (Å²) in [4.78, 5) is 9.89. The molecule has 1 aromatic rings. The molecule has 0 unspecified atom stereocenters. The maximum absolute atomic E-state index is 10.6. The Balaban J connectivity index is 0. The fourth-order valence-corrected chi connectivity index (χ4v) is 1.35. The Bertz CT molecular complexity index is 486. The summed E-state index contributed by atoms with van der Waals surface area (Å²) in [6.45, 7) is 0. The van der Waals surface area contributed by atoms with E-state index in [0.29, 0.717) is 6.07 Å². The van der Waals surface area contributed by atoms with Crippen molar-refractivity contribution in [2.24, 2.45) is 0 Å². The molecule has 16 heavy (non-hydrogen) atoms. The molecule has 0 atom stereocenters. The largest absolute Gasteiger partial charge is 1.00 e. The number of hydrogen-bond donors (Lipinski definition) is 3. The summed E-state index contributed by atoms with van der Waals surface area (Å²) >= 11 is 0. The van der Waals surface area contributed by atoms with Gasteiger partial charge in [-0.25, -0.2) is 4.79 Å². The number of carboxylic acids is 1. The summed E-state index contributed by atoms with van der Waals surface area (Å²) in [5.74, 6) is -2.04. The molecular weight excluding hydrogens is 378 g/mol. The number of halogens is 1. The van der Waals surface area contributed by atoms with Crippen molar-refractivity contribution >= 4 is 16.1 Å². The van der Waals surface area contributed by atoms with Gasteiger partial charge >= 0.3 is 57.4 Å². The molecule has 0 fully saturated rings. The van der Waals surface area contributed by atoms with Crippen LogP contribution in [0.2, 0.25) is 0 Å². The van der Waals surface area contributed by atoms with E-state index in [1.165, 1.54) is 0 Å². The molecule has 1 rings (SSSR count). The SMILES string of the molecule is O=C(O)c1cc(S(=O)(=O)O)ccc1O.[I-].[K+]. The summed E-state index contributed by atoms with van der Waals surface area (Å²) in [6, 6.07) is 2.46. The van der Waals surface area contributed by atoms with Crippen molar-refractivity contribution in [1.29, 1.82) is 0 Å². The van der Waals surface area contributed by atoms with Gasteiger partial charge in [0.25, 0.3) is 10.1 Å². The normalized spacial score (nSPS) is 9.81.